The monoisotopic (exact) mass is 383 g/mol. The fraction of sp³-hybridized carbons (Fsp3) is 0.0833. The van der Waals surface area contributed by atoms with Crippen molar-refractivity contribution in [1.29, 1.82) is 0 Å². The first kappa shape index (κ1) is 18.5. The van der Waals surface area contributed by atoms with Crippen LogP contribution in [0.5, 0.6) is 5.75 Å². The number of hydrogen-bond donors (Lipinski definition) is 2. The molecule has 4 rings (SSSR count). The number of amides is 1. The molecule has 29 heavy (non-hydrogen) atoms. The first-order valence-corrected chi connectivity index (χ1v) is 9.38. The van der Waals surface area contributed by atoms with Crippen molar-refractivity contribution in [2.24, 2.45) is 0 Å². The lowest BCUT2D eigenvalue weighted by Gasteiger charge is -2.08. The molecule has 144 valence electrons. The van der Waals surface area contributed by atoms with Gasteiger partial charge in [-0.05, 0) is 42.8 Å². The number of benzene rings is 3. The van der Waals surface area contributed by atoms with Crippen LogP contribution in [0.3, 0.4) is 0 Å². The van der Waals surface area contributed by atoms with Crippen molar-refractivity contribution in [3.05, 3.63) is 102 Å². The summed E-state index contributed by atoms with van der Waals surface area (Å²) in [5, 5.41) is 9.91. The number of nitrogens with one attached hydrogen (secondary N) is 2. The smallest absolute Gasteiger partial charge is 0.273 e. The number of carbonyl (C=O) groups excluding carboxylic acids is 1. The zero-order valence-electron chi connectivity index (χ0n) is 16.1. The molecular formula is C24H21N3O2. The summed E-state index contributed by atoms with van der Waals surface area (Å²) in [6.45, 7) is 2.54. The third-order valence-electron chi connectivity index (χ3n) is 4.53. The molecule has 1 aromatic heterocycles. The highest BCUT2D eigenvalue weighted by Gasteiger charge is 2.11. The molecule has 0 atom stereocenters. The van der Waals surface area contributed by atoms with Crippen LogP contribution < -0.4 is 10.1 Å². The van der Waals surface area contributed by atoms with Crippen molar-refractivity contribution < 1.29 is 9.53 Å². The van der Waals surface area contributed by atoms with Crippen LogP contribution in [0.1, 0.15) is 21.6 Å². The van der Waals surface area contributed by atoms with E-state index in [0.29, 0.717) is 18.0 Å². The average molecular weight is 383 g/mol. The van der Waals surface area contributed by atoms with Gasteiger partial charge in [0.25, 0.3) is 5.91 Å². The van der Waals surface area contributed by atoms with Gasteiger partial charge in [-0.1, -0.05) is 60.2 Å². The SMILES string of the molecule is Cc1ccc(-c2cc(C(=O)Nc3ccc(OCc4ccccc4)cc3)[nH]n2)cc1. The number of hydrogen-bond acceptors (Lipinski definition) is 3. The number of rotatable bonds is 6. The fourth-order valence-electron chi connectivity index (χ4n) is 2.88. The van der Waals surface area contributed by atoms with Crippen molar-refractivity contribution in [2.75, 3.05) is 5.32 Å². The number of anilines is 1. The Kier molecular flexibility index (Phi) is 5.38. The van der Waals surface area contributed by atoms with E-state index >= 15 is 0 Å². The number of aryl methyl sites for hydroxylation is 1. The minimum absolute atomic E-state index is 0.242. The van der Waals surface area contributed by atoms with Gasteiger partial charge in [0, 0.05) is 11.3 Å². The molecular weight excluding hydrogens is 362 g/mol. The third-order valence-corrected chi connectivity index (χ3v) is 4.53. The van der Waals surface area contributed by atoms with Crippen molar-refractivity contribution in [3.63, 3.8) is 0 Å². The van der Waals surface area contributed by atoms with Crippen LogP contribution >= 0.6 is 0 Å². The van der Waals surface area contributed by atoms with E-state index < -0.39 is 0 Å². The molecule has 0 saturated heterocycles. The standard InChI is InChI=1S/C24H21N3O2/c1-17-7-9-19(10-8-17)22-15-23(27-26-22)24(28)25-20-11-13-21(14-12-20)29-16-18-5-3-2-4-6-18/h2-15H,16H2,1H3,(H,25,28)(H,26,27). The molecule has 0 unspecified atom stereocenters. The van der Waals surface area contributed by atoms with Gasteiger partial charge in [-0.15, -0.1) is 0 Å². The topological polar surface area (TPSA) is 67.0 Å². The third kappa shape index (κ3) is 4.71. The van der Waals surface area contributed by atoms with Gasteiger partial charge >= 0.3 is 0 Å². The van der Waals surface area contributed by atoms with E-state index in [4.69, 9.17) is 4.74 Å². The maximum Gasteiger partial charge on any atom is 0.273 e. The van der Waals surface area contributed by atoms with Gasteiger partial charge in [0.1, 0.15) is 18.1 Å². The highest BCUT2D eigenvalue weighted by Crippen LogP contribution is 2.20. The Morgan fingerprint density at radius 1 is 0.966 bits per heavy atom. The van der Waals surface area contributed by atoms with E-state index in [2.05, 4.69) is 15.5 Å². The Morgan fingerprint density at radius 3 is 2.41 bits per heavy atom. The first-order chi connectivity index (χ1) is 14.2. The van der Waals surface area contributed by atoms with Crippen molar-refractivity contribution in [1.82, 2.24) is 10.2 Å². The predicted octanol–water partition coefficient (Wildman–Crippen LogP) is 5.22. The lowest BCUT2D eigenvalue weighted by Crippen LogP contribution is -2.12. The largest absolute Gasteiger partial charge is 0.489 e. The number of nitrogens with zero attached hydrogens (tertiary/aromatic N) is 1. The summed E-state index contributed by atoms with van der Waals surface area (Å²) in [5.74, 6) is 0.504. The summed E-state index contributed by atoms with van der Waals surface area (Å²) in [6.07, 6.45) is 0. The highest BCUT2D eigenvalue weighted by atomic mass is 16.5. The Morgan fingerprint density at radius 2 is 1.69 bits per heavy atom. The summed E-state index contributed by atoms with van der Waals surface area (Å²) in [6, 6.07) is 27.0. The minimum Gasteiger partial charge on any atom is -0.489 e. The summed E-state index contributed by atoms with van der Waals surface area (Å²) in [5.41, 5.74) is 5.08. The summed E-state index contributed by atoms with van der Waals surface area (Å²) in [4.78, 5) is 12.5. The molecule has 0 saturated carbocycles. The predicted molar refractivity (Wildman–Crippen MR) is 114 cm³/mol. The van der Waals surface area contributed by atoms with Crippen molar-refractivity contribution in [2.45, 2.75) is 13.5 Å². The highest BCUT2D eigenvalue weighted by molar-refractivity contribution is 6.03. The van der Waals surface area contributed by atoms with Crippen LogP contribution in [0.4, 0.5) is 5.69 Å². The molecule has 0 aliphatic heterocycles. The van der Waals surface area contributed by atoms with Crippen LogP contribution in [0.2, 0.25) is 0 Å². The molecule has 1 heterocycles. The van der Waals surface area contributed by atoms with Gasteiger partial charge in [-0.3, -0.25) is 9.89 Å². The summed E-state index contributed by atoms with van der Waals surface area (Å²) in [7, 11) is 0. The van der Waals surface area contributed by atoms with Gasteiger partial charge in [-0.25, -0.2) is 0 Å². The normalized spacial score (nSPS) is 10.5. The average Bonchev–Trinajstić information content (AvgIpc) is 3.25. The Bertz CT molecular complexity index is 1090. The number of aromatic amines is 1. The number of ether oxygens (including phenoxy) is 1. The van der Waals surface area contributed by atoms with Gasteiger partial charge in [0.05, 0.1) is 5.69 Å². The van der Waals surface area contributed by atoms with E-state index in [1.54, 1.807) is 6.07 Å². The molecule has 0 bridgehead atoms. The fourth-order valence-corrected chi connectivity index (χ4v) is 2.88. The lowest BCUT2D eigenvalue weighted by atomic mass is 10.1. The van der Waals surface area contributed by atoms with Crippen molar-refractivity contribution in [3.8, 4) is 17.0 Å². The summed E-state index contributed by atoms with van der Waals surface area (Å²) < 4.78 is 5.77. The van der Waals surface area contributed by atoms with Crippen LogP contribution in [0.25, 0.3) is 11.3 Å². The second kappa shape index (κ2) is 8.44. The molecule has 1 amide bonds. The first-order valence-electron chi connectivity index (χ1n) is 9.38. The van der Waals surface area contributed by atoms with Gasteiger partial charge in [0.2, 0.25) is 0 Å². The van der Waals surface area contributed by atoms with Crippen LogP contribution in [0.15, 0.2) is 84.9 Å². The molecule has 5 nitrogen and oxygen atoms in total. The molecule has 0 fully saturated rings. The van der Waals surface area contributed by atoms with Gasteiger partial charge in [0.15, 0.2) is 0 Å². The second-order valence-electron chi connectivity index (χ2n) is 6.79. The maximum absolute atomic E-state index is 12.5. The number of aromatic nitrogens is 2. The maximum atomic E-state index is 12.5. The van der Waals surface area contributed by atoms with E-state index in [1.165, 1.54) is 5.56 Å². The molecule has 4 aromatic rings. The zero-order chi connectivity index (χ0) is 20.1. The van der Waals surface area contributed by atoms with E-state index in [0.717, 1.165) is 22.6 Å². The Labute approximate surface area is 169 Å². The molecule has 3 aromatic carbocycles. The Hall–Kier alpha value is -3.86. The number of H-pyrrole nitrogens is 1. The molecule has 0 aliphatic rings. The van der Waals surface area contributed by atoms with E-state index in [-0.39, 0.29) is 5.91 Å². The van der Waals surface area contributed by atoms with Crippen LogP contribution in [-0.4, -0.2) is 16.1 Å². The quantitative estimate of drug-likeness (QED) is 0.480. The minimum atomic E-state index is -0.242. The van der Waals surface area contributed by atoms with Crippen LogP contribution in [0, 0.1) is 6.92 Å². The molecule has 0 radical (unpaired) electrons. The zero-order valence-corrected chi connectivity index (χ0v) is 16.1. The second-order valence-corrected chi connectivity index (χ2v) is 6.79. The van der Waals surface area contributed by atoms with Crippen LogP contribution in [-0.2, 0) is 6.61 Å². The molecule has 0 aliphatic carbocycles. The van der Waals surface area contributed by atoms with E-state index in [1.807, 2.05) is 85.8 Å². The summed E-state index contributed by atoms with van der Waals surface area (Å²) >= 11 is 0. The molecule has 2 N–H and O–H groups in total. The number of carbonyl (C=O) groups is 1. The lowest BCUT2D eigenvalue weighted by molar-refractivity contribution is 0.102. The van der Waals surface area contributed by atoms with Crippen molar-refractivity contribution >= 4 is 11.6 Å². The molecule has 0 spiro atoms. The van der Waals surface area contributed by atoms with Gasteiger partial charge in [-0.2, -0.15) is 5.10 Å². The molecule has 5 heteroatoms. The Balaban J connectivity index is 1.36. The van der Waals surface area contributed by atoms with Gasteiger partial charge < -0.3 is 10.1 Å². The van der Waals surface area contributed by atoms with E-state index in [9.17, 15) is 4.79 Å².